The first-order valence-electron chi connectivity index (χ1n) is 5.56. The number of benzene rings is 1. The lowest BCUT2D eigenvalue weighted by atomic mass is 10.1. The molecule has 0 aliphatic heterocycles. The number of hydrogen-bond donors (Lipinski definition) is 1. The minimum Gasteiger partial charge on any atom is -0.324 e. The van der Waals surface area contributed by atoms with Crippen molar-refractivity contribution in [1.29, 1.82) is 0 Å². The average Bonchev–Trinajstić information content (AvgIpc) is 2.16. The van der Waals surface area contributed by atoms with E-state index in [1.807, 2.05) is 6.07 Å². The number of hydrogen-bond acceptors (Lipinski definition) is 2. The Kier molecular flexibility index (Phi) is 6.65. The van der Waals surface area contributed by atoms with Crippen LogP contribution in [0.25, 0.3) is 0 Å². The van der Waals surface area contributed by atoms with Crippen molar-refractivity contribution in [3.05, 3.63) is 35.9 Å². The highest BCUT2D eigenvalue weighted by Crippen LogP contribution is 2.07. The Hall–Kier alpha value is -0.570. The third kappa shape index (κ3) is 6.11. The van der Waals surface area contributed by atoms with Crippen molar-refractivity contribution in [3.8, 4) is 0 Å². The summed E-state index contributed by atoms with van der Waals surface area (Å²) in [5, 5.41) is 0. The molecule has 0 bridgehead atoms. The van der Waals surface area contributed by atoms with Gasteiger partial charge in [-0.3, -0.25) is 4.90 Å². The van der Waals surface area contributed by atoms with Gasteiger partial charge in [-0.25, -0.2) is 0 Å². The van der Waals surface area contributed by atoms with E-state index in [0.29, 0.717) is 0 Å². The number of rotatable bonds is 5. The monoisotopic (exact) mass is 242 g/mol. The van der Waals surface area contributed by atoms with Crippen LogP contribution in [0.4, 0.5) is 0 Å². The topological polar surface area (TPSA) is 29.3 Å². The first-order valence-corrected chi connectivity index (χ1v) is 5.56. The van der Waals surface area contributed by atoms with E-state index in [-0.39, 0.29) is 17.9 Å². The SMILES string of the molecule is CCN(Cc1ccccc1)CC(C)(C)N.Cl. The molecule has 0 heterocycles. The number of likely N-dealkylation sites (N-methyl/N-ethyl adjacent to an activating group) is 1. The normalized spacial score (nSPS) is 11.3. The van der Waals surface area contributed by atoms with Crippen LogP contribution < -0.4 is 5.73 Å². The van der Waals surface area contributed by atoms with Gasteiger partial charge in [-0.2, -0.15) is 0 Å². The molecule has 0 aliphatic carbocycles. The Morgan fingerprint density at radius 3 is 2.19 bits per heavy atom. The van der Waals surface area contributed by atoms with Gasteiger partial charge in [0, 0.05) is 18.6 Å². The molecular weight excluding hydrogens is 220 g/mol. The third-order valence-electron chi connectivity index (χ3n) is 2.33. The number of nitrogens with zero attached hydrogens (tertiary/aromatic N) is 1. The summed E-state index contributed by atoms with van der Waals surface area (Å²) in [6, 6.07) is 10.5. The van der Waals surface area contributed by atoms with E-state index < -0.39 is 0 Å². The highest BCUT2D eigenvalue weighted by molar-refractivity contribution is 5.85. The van der Waals surface area contributed by atoms with Crippen molar-refractivity contribution in [2.75, 3.05) is 13.1 Å². The van der Waals surface area contributed by atoms with Crippen molar-refractivity contribution in [2.24, 2.45) is 5.73 Å². The molecule has 0 fully saturated rings. The molecule has 2 nitrogen and oxygen atoms in total. The maximum atomic E-state index is 6.02. The zero-order valence-electron chi connectivity index (χ0n) is 10.4. The second-order valence-corrected chi connectivity index (χ2v) is 4.78. The highest BCUT2D eigenvalue weighted by Gasteiger charge is 2.15. The summed E-state index contributed by atoms with van der Waals surface area (Å²) in [5.41, 5.74) is 7.25. The second-order valence-electron chi connectivity index (χ2n) is 4.78. The Labute approximate surface area is 105 Å². The molecule has 0 spiro atoms. The summed E-state index contributed by atoms with van der Waals surface area (Å²) in [5.74, 6) is 0. The third-order valence-corrected chi connectivity index (χ3v) is 2.33. The van der Waals surface area contributed by atoms with Crippen molar-refractivity contribution < 1.29 is 0 Å². The van der Waals surface area contributed by atoms with Crippen LogP contribution in [-0.2, 0) is 6.54 Å². The van der Waals surface area contributed by atoms with Crippen LogP contribution in [-0.4, -0.2) is 23.5 Å². The fourth-order valence-corrected chi connectivity index (χ4v) is 1.70. The molecule has 0 saturated carbocycles. The minimum atomic E-state index is -0.120. The molecule has 0 radical (unpaired) electrons. The first-order chi connectivity index (χ1) is 7.01. The standard InChI is InChI=1S/C13H22N2.ClH/c1-4-15(11-13(2,3)14)10-12-8-6-5-7-9-12;/h5-9H,4,10-11,14H2,1-3H3;1H. The largest absolute Gasteiger partial charge is 0.324 e. The molecule has 1 aromatic rings. The molecule has 92 valence electrons. The van der Waals surface area contributed by atoms with Crippen LogP contribution in [0.2, 0.25) is 0 Å². The Balaban J connectivity index is 0.00000225. The minimum absolute atomic E-state index is 0. The first kappa shape index (κ1) is 15.4. The van der Waals surface area contributed by atoms with Gasteiger partial charge >= 0.3 is 0 Å². The predicted molar refractivity (Wildman–Crippen MR) is 72.9 cm³/mol. The molecule has 1 rings (SSSR count). The maximum Gasteiger partial charge on any atom is 0.0234 e. The van der Waals surface area contributed by atoms with Gasteiger partial charge in [0.05, 0.1) is 0 Å². The van der Waals surface area contributed by atoms with Crippen molar-refractivity contribution in [1.82, 2.24) is 4.90 Å². The van der Waals surface area contributed by atoms with Crippen LogP contribution in [0.1, 0.15) is 26.3 Å². The van der Waals surface area contributed by atoms with Gasteiger partial charge in [0.2, 0.25) is 0 Å². The molecule has 0 amide bonds. The van der Waals surface area contributed by atoms with E-state index in [0.717, 1.165) is 19.6 Å². The van der Waals surface area contributed by atoms with Crippen molar-refractivity contribution in [3.63, 3.8) is 0 Å². The summed E-state index contributed by atoms with van der Waals surface area (Å²) < 4.78 is 0. The fourth-order valence-electron chi connectivity index (χ4n) is 1.70. The predicted octanol–water partition coefficient (Wildman–Crippen LogP) is 2.67. The molecule has 0 atom stereocenters. The van der Waals surface area contributed by atoms with Crippen LogP contribution >= 0.6 is 12.4 Å². The van der Waals surface area contributed by atoms with Gasteiger partial charge in [0.1, 0.15) is 0 Å². The molecule has 16 heavy (non-hydrogen) atoms. The number of halogens is 1. The summed E-state index contributed by atoms with van der Waals surface area (Å²) in [7, 11) is 0. The van der Waals surface area contributed by atoms with Crippen molar-refractivity contribution in [2.45, 2.75) is 32.9 Å². The van der Waals surface area contributed by atoms with Gasteiger partial charge in [-0.1, -0.05) is 37.3 Å². The fraction of sp³-hybridized carbons (Fsp3) is 0.538. The summed E-state index contributed by atoms with van der Waals surface area (Å²) in [4.78, 5) is 2.37. The molecule has 0 saturated heterocycles. The smallest absolute Gasteiger partial charge is 0.0234 e. The zero-order chi connectivity index (χ0) is 11.3. The summed E-state index contributed by atoms with van der Waals surface area (Å²) >= 11 is 0. The lowest BCUT2D eigenvalue weighted by molar-refractivity contribution is 0.228. The molecule has 0 unspecified atom stereocenters. The summed E-state index contributed by atoms with van der Waals surface area (Å²) in [6.07, 6.45) is 0. The molecule has 2 N–H and O–H groups in total. The second kappa shape index (κ2) is 6.89. The van der Waals surface area contributed by atoms with E-state index in [1.54, 1.807) is 0 Å². The van der Waals surface area contributed by atoms with Gasteiger partial charge in [0.15, 0.2) is 0 Å². The van der Waals surface area contributed by atoms with E-state index in [4.69, 9.17) is 5.73 Å². The lowest BCUT2D eigenvalue weighted by Gasteiger charge is -2.28. The Morgan fingerprint density at radius 1 is 1.19 bits per heavy atom. The van der Waals surface area contributed by atoms with Crippen LogP contribution in [0, 0.1) is 0 Å². The average molecular weight is 243 g/mol. The molecule has 3 heteroatoms. The lowest BCUT2D eigenvalue weighted by Crippen LogP contribution is -2.44. The quantitative estimate of drug-likeness (QED) is 0.860. The van der Waals surface area contributed by atoms with E-state index in [2.05, 4.69) is 49.9 Å². The summed E-state index contributed by atoms with van der Waals surface area (Å²) in [6.45, 7) is 9.27. The Morgan fingerprint density at radius 2 is 1.75 bits per heavy atom. The molecular formula is C13H23ClN2. The van der Waals surface area contributed by atoms with Crippen molar-refractivity contribution >= 4 is 12.4 Å². The van der Waals surface area contributed by atoms with Gasteiger partial charge < -0.3 is 5.73 Å². The van der Waals surface area contributed by atoms with E-state index in [9.17, 15) is 0 Å². The highest BCUT2D eigenvalue weighted by atomic mass is 35.5. The number of nitrogens with two attached hydrogens (primary N) is 1. The van der Waals surface area contributed by atoms with E-state index >= 15 is 0 Å². The van der Waals surface area contributed by atoms with Crippen LogP contribution in [0.3, 0.4) is 0 Å². The molecule has 1 aromatic carbocycles. The zero-order valence-corrected chi connectivity index (χ0v) is 11.3. The van der Waals surface area contributed by atoms with Gasteiger partial charge in [0.25, 0.3) is 0 Å². The van der Waals surface area contributed by atoms with Gasteiger partial charge in [-0.05, 0) is 26.0 Å². The molecule has 0 aliphatic rings. The van der Waals surface area contributed by atoms with E-state index in [1.165, 1.54) is 5.56 Å². The van der Waals surface area contributed by atoms with Crippen LogP contribution in [0.5, 0.6) is 0 Å². The molecule has 0 aromatic heterocycles. The Bertz CT molecular complexity index is 280. The van der Waals surface area contributed by atoms with Gasteiger partial charge in [-0.15, -0.1) is 12.4 Å². The van der Waals surface area contributed by atoms with Crippen LogP contribution in [0.15, 0.2) is 30.3 Å². The maximum absolute atomic E-state index is 6.02.